The van der Waals surface area contributed by atoms with E-state index in [1.807, 2.05) is 0 Å². The molecule has 3 N–H and O–H groups in total. The van der Waals surface area contributed by atoms with Crippen LogP contribution in [0.1, 0.15) is 32.1 Å². The highest BCUT2D eigenvalue weighted by molar-refractivity contribution is 7.91. The largest absolute Gasteiger partial charge is 0.481 e. The van der Waals surface area contributed by atoms with Gasteiger partial charge in [0.05, 0.1) is 23.5 Å². The highest BCUT2D eigenvalue weighted by atomic mass is 32.2. The minimum absolute atomic E-state index is 0.0354. The van der Waals surface area contributed by atoms with E-state index in [4.69, 9.17) is 5.11 Å². The molecule has 19 heavy (non-hydrogen) atoms. The van der Waals surface area contributed by atoms with Gasteiger partial charge in [-0.05, 0) is 25.7 Å². The van der Waals surface area contributed by atoms with Gasteiger partial charge in [0.1, 0.15) is 0 Å². The number of carboxylic acids is 1. The van der Waals surface area contributed by atoms with Crippen LogP contribution in [0.25, 0.3) is 0 Å². The molecule has 7 nitrogen and oxygen atoms in total. The van der Waals surface area contributed by atoms with Gasteiger partial charge < -0.3 is 15.7 Å². The summed E-state index contributed by atoms with van der Waals surface area (Å²) in [6.07, 6.45) is 2.52. The Balaban J connectivity index is 1.85. The molecule has 1 unspecified atom stereocenters. The van der Waals surface area contributed by atoms with Crippen molar-refractivity contribution >= 4 is 21.8 Å². The lowest BCUT2D eigenvalue weighted by molar-refractivity contribution is -0.139. The summed E-state index contributed by atoms with van der Waals surface area (Å²) in [6, 6.07) is -0.838. The van der Waals surface area contributed by atoms with Crippen molar-refractivity contribution in [3.05, 3.63) is 0 Å². The molecule has 1 atom stereocenters. The van der Waals surface area contributed by atoms with Crippen molar-refractivity contribution in [2.45, 2.75) is 43.7 Å². The van der Waals surface area contributed by atoms with E-state index in [2.05, 4.69) is 10.6 Å². The molecule has 108 valence electrons. The number of amides is 2. The number of hydrogen-bond donors (Lipinski definition) is 3. The summed E-state index contributed by atoms with van der Waals surface area (Å²) in [5.41, 5.74) is -0.659. The molecule has 0 aromatic carbocycles. The number of sulfone groups is 1. The number of nitrogens with one attached hydrogen (secondary N) is 2. The van der Waals surface area contributed by atoms with E-state index >= 15 is 0 Å². The van der Waals surface area contributed by atoms with Gasteiger partial charge in [0, 0.05) is 6.04 Å². The second-order valence-corrected chi connectivity index (χ2v) is 7.63. The van der Waals surface area contributed by atoms with Crippen LogP contribution in [0.15, 0.2) is 0 Å². The Hall–Kier alpha value is -1.31. The summed E-state index contributed by atoms with van der Waals surface area (Å²) in [5.74, 6) is -0.881. The van der Waals surface area contributed by atoms with Crippen molar-refractivity contribution in [1.82, 2.24) is 10.6 Å². The molecule has 0 aromatic rings. The van der Waals surface area contributed by atoms with Crippen molar-refractivity contribution in [1.29, 1.82) is 0 Å². The third-order valence-corrected chi connectivity index (χ3v) is 5.51. The lowest BCUT2D eigenvalue weighted by atomic mass is 9.74. The van der Waals surface area contributed by atoms with Crippen molar-refractivity contribution in [3.63, 3.8) is 0 Å². The second-order valence-electron chi connectivity index (χ2n) is 5.40. The van der Waals surface area contributed by atoms with Crippen molar-refractivity contribution in [3.8, 4) is 0 Å². The van der Waals surface area contributed by atoms with E-state index < -0.39 is 27.4 Å². The summed E-state index contributed by atoms with van der Waals surface area (Å²) in [7, 11) is -3.03. The Kier molecular flexibility index (Phi) is 3.71. The SMILES string of the molecule is O=C(O)CC1(NC(=O)NC2CCS(=O)(=O)C2)CCC1. The quantitative estimate of drug-likeness (QED) is 0.667. The Morgan fingerprint density at radius 1 is 1.32 bits per heavy atom. The van der Waals surface area contributed by atoms with E-state index in [1.54, 1.807) is 0 Å². The van der Waals surface area contributed by atoms with Crippen LogP contribution in [0.4, 0.5) is 4.79 Å². The molecule has 8 heteroatoms. The molecule has 1 aliphatic heterocycles. The number of aliphatic carboxylic acids is 1. The lowest BCUT2D eigenvalue weighted by Gasteiger charge is -2.41. The number of carbonyl (C=O) groups is 2. The third kappa shape index (κ3) is 3.59. The van der Waals surface area contributed by atoms with Crippen LogP contribution in [0.2, 0.25) is 0 Å². The van der Waals surface area contributed by atoms with Crippen LogP contribution in [0, 0.1) is 0 Å². The maximum absolute atomic E-state index is 11.8. The highest BCUT2D eigenvalue weighted by Gasteiger charge is 2.41. The monoisotopic (exact) mass is 290 g/mol. The normalized spacial score (nSPS) is 27.3. The number of urea groups is 1. The first-order valence-electron chi connectivity index (χ1n) is 6.31. The van der Waals surface area contributed by atoms with Gasteiger partial charge in [-0.25, -0.2) is 13.2 Å². The van der Waals surface area contributed by atoms with Gasteiger partial charge in [0.2, 0.25) is 0 Å². The molecule has 1 saturated carbocycles. The van der Waals surface area contributed by atoms with E-state index in [9.17, 15) is 18.0 Å². The van der Waals surface area contributed by atoms with Crippen LogP contribution >= 0.6 is 0 Å². The minimum atomic E-state index is -3.03. The zero-order valence-electron chi connectivity index (χ0n) is 10.5. The van der Waals surface area contributed by atoms with Gasteiger partial charge in [0.15, 0.2) is 9.84 Å². The van der Waals surface area contributed by atoms with Crippen LogP contribution in [0.3, 0.4) is 0 Å². The first kappa shape index (κ1) is 14.1. The summed E-state index contributed by atoms with van der Waals surface area (Å²) in [5, 5.41) is 14.1. The van der Waals surface area contributed by atoms with E-state index in [0.717, 1.165) is 6.42 Å². The van der Waals surface area contributed by atoms with Crippen molar-refractivity contribution < 1.29 is 23.1 Å². The fourth-order valence-corrected chi connectivity index (χ4v) is 4.28. The first-order chi connectivity index (χ1) is 8.80. The smallest absolute Gasteiger partial charge is 0.315 e. The maximum atomic E-state index is 11.8. The number of carboxylic acid groups (broad SMARTS) is 1. The molecule has 2 rings (SSSR count). The standard InChI is InChI=1S/C11H18N2O5S/c14-9(15)6-11(3-1-4-11)13-10(16)12-8-2-5-19(17,18)7-8/h8H,1-7H2,(H,14,15)(H2,12,13,16). The molecule has 1 aliphatic carbocycles. The summed E-state index contributed by atoms with van der Waals surface area (Å²) in [4.78, 5) is 22.6. The van der Waals surface area contributed by atoms with Gasteiger partial charge in [0.25, 0.3) is 0 Å². The predicted molar refractivity (Wildman–Crippen MR) is 67.6 cm³/mol. The Morgan fingerprint density at radius 3 is 2.42 bits per heavy atom. The van der Waals surface area contributed by atoms with Gasteiger partial charge in [-0.2, -0.15) is 0 Å². The zero-order chi connectivity index (χ0) is 14.1. The minimum Gasteiger partial charge on any atom is -0.481 e. The molecular formula is C11H18N2O5S. The zero-order valence-corrected chi connectivity index (χ0v) is 11.3. The molecule has 0 radical (unpaired) electrons. The van der Waals surface area contributed by atoms with E-state index in [0.29, 0.717) is 19.3 Å². The summed E-state index contributed by atoms with van der Waals surface area (Å²) in [6.45, 7) is 0. The molecule has 0 aromatic heterocycles. The summed E-state index contributed by atoms with van der Waals surface area (Å²) >= 11 is 0. The van der Waals surface area contributed by atoms with Gasteiger partial charge in [-0.15, -0.1) is 0 Å². The lowest BCUT2D eigenvalue weighted by Crippen LogP contribution is -2.58. The molecule has 0 spiro atoms. The van der Waals surface area contributed by atoms with Gasteiger partial charge in [-0.1, -0.05) is 0 Å². The Morgan fingerprint density at radius 2 is 2.00 bits per heavy atom. The summed E-state index contributed by atoms with van der Waals surface area (Å²) < 4.78 is 22.5. The highest BCUT2D eigenvalue weighted by Crippen LogP contribution is 2.34. The maximum Gasteiger partial charge on any atom is 0.315 e. The van der Waals surface area contributed by atoms with Crippen LogP contribution in [-0.4, -0.2) is 48.6 Å². The number of rotatable bonds is 4. The van der Waals surface area contributed by atoms with Crippen LogP contribution < -0.4 is 10.6 Å². The van der Waals surface area contributed by atoms with Gasteiger partial charge in [-0.3, -0.25) is 4.79 Å². The van der Waals surface area contributed by atoms with Crippen LogP contribution in [-0.2, 0) is 14.6 Å². The molecular weight excluding hydrogens is 272 g/mol. The molecule has 0 bridgehead atoms. The predicted octanol–water partition coefficient (Wildman–Crippen LogP) is -0.130. The molecule has 2 fully saturated rings. The van der Waals surface area contributed by atoms with Crippen molar-refractivity contribution in [2.24, 2.45) is 0 Å². The number of carbonyl (C=O) groups excluding carboxylic acids is 1. The average molecular weight is 290 g/mol. The molecule has 2 aliphatic rings. The average Bonchev–Trinajstić information content (AvgIpc) is 2.53. The fraction of sp³-hybridized carbons (Fsp3) is 0.818. The molecule has 2 amide bonds. The van der Waals surface area contributed by atoms with Crippen LogP contribution in [0.5, 0.6) is 0 Å². The first-order valence-corrected chi connectivity index (χ1v) is 8.13. The molecule has 1 heterocycles. The fourth-order valence-electron chi connectivity index (χ4n) is 2.61. The Labute approximate surface area is 111 Å². The topological polar surface area (TPSA) is 113 Å². The Bertz CT molecular complexity index is 483. The van der Waals surface area contributed by atoms with Gasteiger partial charge >= 0.3 is 12.0 Å². The third-order valence-electron chi connectivity index (χ3n) is 3.75. The van der Waals surface area contributed by atoms with E-state index in [-0.39, 0.29) is 24.0 Å². The molecule has 1 saturated heterocycles. The number of hydrogen-bond acceptors (Lipinski definition) is 4. The second kappa shape index (κ2) is 4.99. The van der Waals surface area contributed by atoms with Crippen molar-refractivity contribution in [2.75, 3.05) is 11.5 Å². The van der Waals surface area contributed by atoms with E-state index in [1.165, 1.54) is 0 Å².